The molecule has 1 N–H and O–H groups in total. The molecule has 0 spiro atoms. The monoisotopic (exact) mass is 278 g/mol. The highest BCUT2D eigenvalue weighted by Crippen LogP contribution is 2.27. The highest BCUT2D eigenvalue weighted by Gasteiger charge is 2.28. The largest absolute Gasteiger partial charge is 0.314 e. The molecule has 1 aliphatic heterocycles. The maximum Gasteiger partial charge on any atom is 0.126 e. The van der Waals surface area contributed by atoms with Crippen molar-refractivity contribution in [1.29, 1.82) is 0 Å². The highest BCUT2D eigenvalue weighted by atomic mass is 19.1. The van der Waals surface area contributed by atoms with E-state index in [0.717, 1.165) is 30.8 Å². The Labute approximate surface area is 122 Å². The molecule has 3 unspecified atom stereocenters. The maximum absolute atomic E-state index is 13.7. The summed E-state index contributed by atoms with van der Waals surface area (Å²) < 4.78 is 13.7. The van der Waals surface area contributed by atoms with Crippen molar-refractivity contribution in [3.8, 4) is 0 Å². The summed E-state index contributed by atoms with van der Waals surface area (Å²) in [6, 6.07) is 6.55. The van der Waals surface area contributed by atoms with Crippen LogP contribution in [0.2, 0.25) is 0 Å². The zero-order valence-electron chi connectivity index (χ0n) is 13.1. The molecular formula is C17H27FN2. The molecule has 0 aliphatic carbocycles. The maximum atomic E-state index is 13.7. The predicted molar refractivity (Wildman–Crippen MR) is 82.4 cm³/mol. The molecule has 0 bridgehead atoms. The quantitative estimate of drug-likeness (QED) is 0.906. The van der Waals surface area contributed by atoms with E-state index in [9.17, 15) is 4.39 Å². The second-order valence-corrected chi connectivity index (χ2v) is 6.11. The Morgan fingerprint density at radius 3 is 2.80 bits per heavy atom. The van der Waals surface area contributed by atoms with Gasteiger partial charge in [-0.2, -0.15) is 0 Å². The fourth-order valence-corrected chi connectivity index (χ4v) is 3.17. The first-order chi connectivity index (χ1) is 9.52. The fourth-order valence-electron chi connectivity index (χ4n) is 3.17. The molecule has 1 aromatic carbocycles. The lowest BCUT2D eigenvalue weighted by atomic mass is 9.91. The van der Waals surface area contributed by atoms with Crippen molar-refractivity contribution in [1.82, 2.24) is 10.2 Å². The van der Waals surface area contributed by atoms with Gasteiger partial charge in [0.2, 0.25) is 0 Å². The van der Waals surface area contributed by atoms with Crippen LogP contribution in [0.3, 0.4) is 0 Å². The summed E-state index contributed by atoms with van der Waals surface area (Å²) in [6.07, 6.45) is 1.17. The van der Waals surface area contributed by atoms with Gasteiger partial charge in [-0.15, -0.1) is 0 Å². The molecule has 1 fully saturated rings. The lowest BCUT2D eigenvalue weighted by molar-refractivity contribution is 0.112. The van der Waals surface area contributed by atoms with Crippen molar-refractivity contribution in [2.75, 3.05) is 19.6 Å². The summed E-state index contributed by atoms with van der Waals surface area (Å²) in [5.41, 5.74) is 1.81. The first-order valence-electron chi connectivity index (χ1n) is 7.76. The SMILES string of the molecule is CCNC1CCN(C(C)c2ccc(C)c(F)c2)CC1C. The molecule has 3 heteroatoms. The standard InChI is InChI=1S/C17H27FN2/c1-5-19-17-8-9-20(11-13(17)3)14(4)15-7-6-12(2)16(18)10-15/h6-7,10,13-14,17,19H,5,8-9,11H2,1-4H3. The van der Waals surface area contributed by atoms with Gasteiger partial charge in [0.15, 0.2) is 0 Å². The molecule has 0 aromatic heterocycles. The molecule has 1 saturated heterocycles. The van der Waals surface area contributed by atoms with Gasteiger partial charge >= 0.3 is 0 Å². The van der Waals surface area contributed by atoms with Crippen LogP contribution in [0.1, 0.15) is 44.4 Å². The van der Waals surface area contributed by atoms with Crippen LogP contribution in [0.25, 0.3) is 0 Å². The molecular weight excluding hydrogens is 251 g/mol. The molecule has 3 atom stereocenters. The molecule has 2 nitrogen and oxygen atoms in total. The summed E-state index contributed by atoms with van der Waals surface area (Å²) in [5.74, 6) is 0.548. The van der Waals surface area contributed by atoms with Gasteiger partial charge in [0.1, 0.15) is 5.82 Å². The predicted octanol–water partition coefficient (Wildman–Crippen LogP) is 3.52. The van der Waals surface area contributed by atoms with E-state index in [2.05, 4.69) is 37.1 Å². The van der Waals surface area contributed by atoms with Crippen LogP contribution in [0.15, 0.2) is 18.2 Å². The second kappa shape index (κ2) is 6.68. The number of likely N-dealkylation sites (tertiary alicyclic amines) is 1. The Bertz CT molecular complexity index is 447. The highest BCUT2D eigenvalue weighted by molar-refractivity contribution is 5.25. The van der Waals surface area contributed by atoms with Crippen molar-refractivity contribution in [3.63, 3.8) is 0 Å². The Kier molecular flexibility index (Phi) is 5.17. The Balaban J connectivity index is 2.03. The Morgan fingerprint density at radius 2 is 2.20 bits per heavy atom. The number of aryl methyl sites for hydroxylation is 1. The lowest BCUT2D eigenvalue weighted by Gasteiger charge is -2.40. The molecule has 1 aliphatic rings. The molecule has 2 rings (SSSR count). The van der Waals surface area contributed by atoms with Crippen LogP contribution in [0, 0.1) is 18.7 Å². The topological polar surface area (TPSA) is 15.3 Å². The van der Waals surface area contributed by atoms with Gasteiger partial charge in [-0.1, -0.05) is 26.0 Å². The third-order valence-corrected chi connectivity index (χ3v) is 4.63. The van der Waals surface area contributed by atoms with Crippen LogP contribution in [-0.4, -0.2) is 30.6 Å². The summed E-state index contributed by atoms with van der Waals surface area (Å²) in [5, 5.41) is 3.56. The number of hydrogen-bond acceptors (Lipinski definition) is 2. The van der Waals surface area contributed by atoms with Crippen molar-refractivity contribution < 1.29 is 4.39 Å². The van der Waals surface area contributed by atoms with Gasteiger partial charge in [-0.05, 0) is 49.9 Å². The summed E-state index contributed by atoms with van der Waals surface area (Å²) >= 11 is 0. The van der Waals surface area contributed by atoms with Crippen LogP contribution in [-0.2, 0) is 0 Å². The fraction of sp³-hybridized carbons (Fsp3) is 0.647. The molecule has 0 amide bonds. The summed E-state index contributed by atoms with van der Waals surface area (Å²) in [4.78, 5) is 2.47. The van der Waals surface area contributed by atoms with Gasteiger partial charge in [0, 0.05) is 25.2 Å². The molecule has 1 heterocycles. The minimum atomic E-state index is -0.0927. The molecule has 0 radical (unpaired) electrons. The van der Waals surface area contributed by atoms with E-state index in [0.29, 0.717) is 12.0 Å². The first kappa shape index (κ1) is 15.5. The first-order valence-corrected chi connectivity index (χ1v) is 7.76. The second-order valence-electron chi connectivity index (χ2n) is 6.11. The van der Waals surface area contributed by atoms with E-state index in [1.165, 1.54) is 6.42 Å². The number of piperidine rings is 1. The lowest BCUT2D eigenvalue weighted by Crippen LogP contribution is -2.48. The minimum absolute atomic E-state index is 0.0927. The third-order valence-electron chi connectivity index (χ3n) is 4.63. The number of nitrogens with zero attached hydrogens (tertiary/aromatic N) is 1. The minimum Gasteiger partial charge on any atom is -0.314 e. The molecule has 20 heavy (non-hydrogen) atoms. The van der Waals surface area contributed by atoms with E-state index in [4.69, 9.17) is 0 Å². The number of rotatable bonds is 4. The Hall–Kier alpha value is -0.930. The zero-order chi connectivity index (χ0) is 14.7. The van der Waals surface area contributed by atoms with Crippen molar-refractivity contribution in [2.45, 2.75) is 46.2 Å². The number of nitrogens with one attached hydrogen (secondary N) is 1. The van der Waals surface area contributed by atoms with Crippen molar-refractivity contribution >= 4 is 0 Å². The third kappa shape index (κ3) is 3.39. The van der Waals surface area contributed by atoms with Gasteiger partial charge in [-0.25, -0.2) is 4.39 Å². The summed E-state index contributed by atoms with van der Waals surface area (Å²) in [7, 11) is 0. The van der Waals surface area contributed by atoms with Crippen LogP contribution >= 0.6 is 0 Å². The van der Waals surface area contributed by atoms with E-state index < -0.39 is 0 Å². The normalized spacial score (nSPS) is 25.6. The van der Waals surface area contributed by atoms with Gasteiger partial charge < -0.3 is 5.32 Å². The zero-order valence-corrected chi connectivity index (χ0v) is 13.1. The molecule has 1 aromatic rings. The molecule has 112 valence electrons. The van der Waals surface area contributed by atoms with Gasteiger partial charge in [-0.3, -0.25) is 4.90 Å². The van der Waals surface area contributed by atoms with Gasteiger partial charge in [0.25, 0.3) is 0 Å². The van der Waals surface area contributed by atoms with E-state index in [-0.39, 0.29) is 11.9 Å². The van der Waals surface area contributed by atoms with Crippen LogP contribution in [0.5, 0.6) is 0 Å². The molecule has 0 saturated carbocycles. The summed E-state index contributed by atoms with van der Waals surface area (Å²) in [6.45, 7) is 11.7. The van der Waals surface area contributed by atoms with Crippen molar-refractivity contribution in [3.05, 3.63) is 35.1 Å². The van der Waals surface area contributed by atoms with E-state index in [1.54, 1.807) is 6.07 Å². The van der Waals surface area contributed by atoms with Crippen LogP contribution < -0.4 is 5.32 Å². The van der Waals surface area contributed by atoms with Gasteiger partial charge in [0.05, 0.1) is 0 Å². The number of benzene rings is 1. The smallest absolute Gasteiger partial charge is 0.126 e. The van der Waals surface area contributed by atoms with Crippen LogP contribution in [0.4, 0.5) is 4.39 Å². The van der Waals surface area contributed by atoms with E-state index in [1.807, 2.05) is 13.0 Å². The van der Waals surface area contributed by atoms with E-state index >= 15 is 0 Å². The number of hydrogen-bond donors (Lipinski definition) is 1. The average molecular weight is 278 g/mol. The van der Waals surface area contributed by atoms with Crippen molar-refractivity contribution in [2.24, 2.45) is 5.92 Å². The number of halogens is 1. The Morgan fingerprint density at radius 1 is 1.45 bits per heavy atom. The average Bonchev–Trinajstić information content (AvgIpc) is 2.43.